The lowest BCUT2D eigenvalue weighted by Gasteiger charge is -2.27. The topological polar surface area (TPSA) is 188 Å². The van der Waals surface area contributed by atoms with Crippen LogP contribution in [0, 0.1) is 26.0 Å². The summed E-state index contributed by atoms with van der Waals surface area (Å²) in [4.78, 5) is 45.3. The molecular formula is C24H27FN6O9. The predicted molar refractivity (Wildman–Crippen MR) is 141 cm³/mol. The number of halogens is 1. The molecule has 214 valence electrons. The highest BCUT2D eigenvalue weighted by molar-refractivity contribution is 5.94. The van der Waals surface area contributed by atoms with E-state index >= 15 is 0 Å². The number of nitrogens with zero attached hydrogens (tertiary/aromatic N) is 5. The van der Waals surface area contributed by atoms with Gasteiger partial charge in [0.05, 0.1) is 53.2 Å². The molecule has 0 aliphatic heterocycles. The summed E-state index contributed by atoms with van der Waals surface area (Å²) in [6, 6.07) is 3.82. The van der Waals surface area contributed by atoms with E-state index in [1.807, 2.05) is 0 Å². The number of esters is 1. The number of azo groups is 1. The Bertz CT molecular complexity index is 1330. The van der Waals surface area contributed by atoms with Gasteiger partial charge in [0, 0.05) is 26.0 Å². The average Bonchev–Trinajstić information content (AvgIpc) is 2.85. The first-order chi connectivity index (χ1) is 18.8. The molecule has 15 nitrogen and oxygen atoms in total. The molecule has 2 aromatic rings. The molecule has 0 aromatic heterocycles. The van der Waals surface area contributed by atoms with Crippen molar-refractivity contribution >= 4 is 46.0 Å². The SMILES string of the molecule is C=C(C)OCCN(CCOC(C)=O)c1cc(NC(C)=O)c(N=Nc2cc(F)c([N+](=O)[O-])cc2[N+](=O)[O-])cc1OC. The summed E-state index contributed by atoms with van der Waals surface area (Å²) in [5.74, 6) is -1.60. The molecule has 0 fully saturated rings. The maximum atomic E-state index is 14.2. The molecule has 0 bridgehead atoms. The van der Waals surface area contributed by atoms with Gasteiger partial charge in [0.15, 0.2) is 5.69 Å². The number of methoxy groups -OCH3 is 1. The monoisotopic (exact) mass is 562 g/mol. The number of amides is 1. The van der Waals surface area contributed by atoms with Crippen LogP contribution >= 0.6 is 0 Å². The fraction of sp³-hybridized carbons (Fsp3) is 0.333. The first-order valence-corrected chi connectivity index (χ1v) is 11.5. The molecule has 0 atom stereocenters. The number of benzene rings is 2. The smallest absolute Gasteiger partial charge is 0.311 e. The number of hydrogen-bond acceptors (Lipinski definition) is 12. The minimum Gasteiger partial charge on any atom is -0.497 e. The van der Waals surface area contributed by atoms with Crippen molar-refractivity contribution in [1.82, 2.24) is 0 Å². The third kappa shape index (κ3) is 8.71. The molecular weight excluding hydrogens is 535 g/mol. The van der Waals surface area contributed by atoms with Crippen molar-refractivity contribution in [2.75, 3.05) is 43.6 Å². The number of anilines is 2. The van der Waals surface area contributed by atoms with Gasteiger partial charge in [0.25, 0.3) is 0 Å². The van der Waals surface area contributed by atoms with Crippen molar-refractivity contribution in [3.05, 3.63) is 62.6 Å². The number of rotatable bonds is 14. The molecule has 0 saturated heterocycles. The van der Waals surface area contributed by atoms with Gasteiger partial charge in [-0.05, 0) is 13.0 Å². The quantitative estimate of drug-likeness (QED) is 0.108. The molecule has 0 aliphatic carbocycles. The molecule has 0 heterocycles. The van der Waals surface area contributed by atoms with Crippen LogP contribution in [0.25, 0.3) is 0 Å². The highest BCUT2D eigenvalue weighted by Crippen LogP contribution is 2.41. The van der Waals surface area contributed by atoms with Crippen LogP contribution in [-0.2, 0) is 19.1 Å². The molecule has 2 aromatic carbocycles. The minimum absolute atomic E-state index is 0.0257. The summed E-state index contributed by atoms with van der Waals surface area (Å²) < 4.78 is 30.2. The van der Waals surface area contributed by atoms with Gasteiger partial charge < -0.3 is 24.4 Å². The Morgan fingerprint density at radius 2 is 1.57 bits per heavy atom. The molecule has 0 aliphatic rings. The van der Waals surface area contributed by atoms with Crippen LogP contribution in [0.1, 0.15) is 20.8 Å². The molecule has 0 spiro atoms. The molecule has 1 amide bonds. The van der Waals surface area contributed by atoms with Crippen molar-refractivity contribution < 1.29 is 38.0 Å². The van der Waals surface area contributed by atoms with E-state index in [1.54, 1.807) is 11.8 Å². The van der Waals surface area contributed by atoms with Gasteiger partial charge >= 0.3 is 17.3 Å². The second kappa shape index (κ2) is 14.1. The standard InChI is InChI=1S/C24H27FN6O9/c1-14(2)39-8-6-29(7-9-40-16(4)33)23-11-18(26-15(3)32)19(12-24(23)38-5)27-28-20-10-17(25)21(30(34)35)13-22(20)31(36)37/h10-13H,1,6-9H2,2-5H3,(H,26,32). The summed E-state index contributed by atoms with van der Waals surface area (Å²) in [5, 5.41) is 32.7. The number of allylic oxidation sites excluding steroid dienone is 1. The van der Waals surface area contributed by atoms with Crippen LogP contribution < -0.4 is 15.0 Å². The van der Waals surface area contributed by atoms with Gasteiger partial charge in [-0.1, -0.05) is 6.58 Å². The highest BCUT2D eigenvalue weighted by atomic mass is 19.1. The first kappa shape index (κ1) is 31.1. The van der Waals surface area contributed by atoms with E-state index in [9.17, 15) is 34.2 Å². The second-order valence-electron chi connectivity index (χ2n) is 8.11. The zero-order chi connectivity index (χ0) is 30.0. The number of nitro groups is 2. The van der Waals surface area contributed by atoms with Gasteiger partial charge in [-0.25, -0.2) is 0 Å². The number of nitro benzene ring substituents is 2. The maximum absolute atomic E-state index is 14.2. The molecule has 40 heavy (non-hydrogen) atoms. The summed E-state index contributed by atoms with van der Waals surface area (Å²) in [5.41, 5.74) is -2.02. The fourth-order valence-electron chi connectivity index (χ4n) is 3.34. The summed E-state index contributed by atoms with van der Waals surface area (Å²) in [6.07, 6.45) is 0. The third-order valence-corrected chi connectivity index (χ3v) is 5.03. The van der Waals surface area contributed by atoms with E-state index in [4.69, 9.17) is 14.2 Å². The van der Waals surface area contributed by atoms with Crippen molar-refractivity contribution in [2.45, 2.75) is 20.8 Å². The van der Waals surface area contributed by atoms with Crippen molar-refractivity contribution in [3.8, 4) is 5.75 Å². The van der Waals surface area contributed by atoms with Crippen molar-refractivity contribution in [1.29, 1.82) is 0 Å². The van der Waals surface area contributed by atoms with E-state index in [1.165, 1.54) is 33.1 Å². The van der Waals surface area contributed by atoms with E-state index in [2.05, 4.69) is 22.1 Å². The summed E-state index contributed by atoms with van der Waals surface area (Å²) in [7, 11) is 1.36. The molecule has 0 radical (unpaired) electrons. The maximum Gasteiger partial charge on any atom is 0.311 e. The lowest BCUT2D eigenvalue weighted by Crippen LogP contribution is -2.31. The lowest BCUT2D eigenvalue weighted by molar-refractivity contribution is -0.395. The average molecular weight is 563 g/mol. The molecule has 2 rings (SSSR count). The Balaban J connectivity index is 2.60. The fourth-order valence-corrected chi connectivity index (χ4v) is 3.34. The largest absolute Gasteiger partial charge is 0.497 e. The molecule has 0 unspecified atom stereocenters. The summed E-state index contributed by atoms with van der Waals surface area (Å²) >= 11 is 0. The van der Waals surface area contributed by atoms with Gasteiger partial charge in [-0.15, -0.1) is 10.2 Å². The minimum atomic E-state index is -1.35. The Kier molecular flexibility index (Phi) is 11.0. The van der Waals surface area contributed by atoms with Crippen LogP contribution in [0.15, 0.2) is 46.8 Å². The number of nitrogens with one attached hydrogen (secondary N) is 1. The Labute approximate surface area is 227 Å². The van der Waals surface area contributed by atoms with Gasteiger partial charge in [0.2, 0.25) is 11.7 Å². The zero-order valence-electron chi connectivity index (χ0n) is 22.1. The summed E-state index contributed by atoms with van der Waals surface area (Å²) in [6.45, 7) is 8.61. The van der Waals surface area contributed by atoms with Crippen LogP contribution in [0.4, 0.5) is 38.5 Å². The normalized spacial score (nSPS) is 10.6. The Morgan fingerprint density at radius 1 is 0.975 bits per heavy atom. The predicted octanol–water partition coefficient (Wildman–Crippen LogP) is 4.94. The van der Waals surface area contributed by atoms with Crippen molar-refractivity contribution in [2.24, 2.45) is 10.2 Å². The van der Waals surface area contributed by atoms with E-state index in [-0.39, 0.29) is 36.9 Å². The van der Waals surface area contributed by atoms with Crippen LogP contribution in [0.5, 0.6) is 5.75 Å². The number of ether oxygens (including phenoxy) is 3. The van der Waals surface area contributed by atoms with Crippen molar-refractivity contribution in [3.63, 3.8) is 0 Å². The number of hydrogen-bond donors (Lipinski definition) is 1. The first-order valence-electron chi connectivity index (χ1n) is 11.5. The number of carbonyl (C=O) groups is 2. The van der Waals surface area contributed by atoms with Crippen LogP contribution in [-0.4, -0.2) is 55.1 Å². The van der Waals surface area contributed by atoms with Crippen LogP contribution in [0.2, 0.25) is 0 Å². The Hall–Kier alpha value is -5.15. The van der Waals surface area contributed by atoms with Crippen LogP contribution in [0.3, 0.4) is 0 Å². The van der Waals surface area contributed by atoms with Gasteiger partial charge in [0.1, 0.15) is 24.7 Å². The number of carbonyl (C=O) groups excluding carboxylic acids is 2. The van der Waals surface area contributed by atoms with E-state index in [0.29, 0.717) is 30.1 Å². The third-order valence-electron chi connectivity index (χ3n) is 5.03. The van der Waals surface area contributed by atoms with Gasteiger partial charge in [-0.2, -0.15) is 4.39 Å². The van der Waals surface area contributed by atoms with Gasteiger partial charge in [-0.3, -0.25) is 29.8 Å². The second-order valence-corrected chi connectivity index (χ2v) is 8.11. The molecule has 1 N–H and O–H groups in total. The molecule has 0 saturated carbocycles. The molecule has 16 heteroatoms. The highest BCUT2D eigenvalue weighted by Gasteiger charge is 2.25. The lowest BCUT2D eigenvalue weighted by atomic mass is 10.2. The Morgan fingerprint density at radius 3 is 2.10 bits per heavy atom. The van der Waals surface area contributed by atoms with E-state index < -0.39 is 44.6 Å². The zero-order valence-corrected chi connectivity index (χ0v) is 22.1. The van der Waals surface area contributed by atoms with E-state index in [0.717, 1.165) is 0 Å².